The van der Waals surface area contributed by atoms with Gasteiger partial charge >= 0.3 is 0 Å². The van der Waals surface area contributed by atoms with E-state index in [0.29, 0.717) is 11.3 Å². The van der Waals surface area contributed by atoms with Crippen molar-refractivity contribution in [3.8, 4) is 0 Å². The number of guanidine groups is 1. The second-order valence-corrected chi connectivity index (χ2v) is 7.56. The topological polar surface area (TPSA) is 88.7 Å². The van der Waals surface area contributed by atoms with Gasteiger partial charge in [-0.2, -0.15) is 0 Å². The van der Waals surface area contributed by atoms with Crippen LogP contribution in [0.1, 0.15) is 35.0 Å². The Morgan fingerprint density at radius 3 is 2.74 bits per heavy atom. The van der Waals surface area contributed by atoms with Crippen LogP contribution in [0.25, 0.3) is 0 Å². The van der Waals surface area contributed by atoms with Crippen molar-refractivity contribution in [2.45, 2.75) is 25.3 Å². The van der Waals surface area contributed by atoms with Gasteiger partial charge < -0.3 is 5.73 Å². The van der Waals surface area contributed by atoms with Crippen LogP contribution in [0.15, 0.2) is 46.0 Å². The third kappa shape index (κ3) is 3.90. The number of carbonyl (C=O) groups excluding carboxylic acids is 2. The van der Waals surface area contributed by atoms with Crippen LogP contribution in [0, 0.1) is 5.82 Å². The highest BCUT2D eigenvalue weighted by molar-refractivity contribution is 9.10. The normalized spacial score (nSPS) is 19.8. The SMILES string of the molecule is CN1C(=O)CC(C)(c2cc(CC(=O)c3ccc(Br)cn3)ccc2F)N=C1N. The quantitative estimate of drug-likeness (QED) is 0.752. The number of hydrogen-bond donors (Lipinski definition) is 1. The van der Waals surface area contributed by atoms with Crippen molar-refractivity contribution in [3.63, 3.8) is 0 Å². The van der Waals surface area contributed by atoms with E-state index >= 15 is 0 Å². The van der Waals surface area contributed by atoms with E-state index in [2.05, 4.69) is 25.9 Å². The zero-order chi connectivity index (χ0) is 19.8. The molecule has 2 heterocycles. The molecule has 1 unspecified atom stereocenters. The van der Waals surface area contributed by atoms with Gasteiger partial charge in [-0.15, -0.1) is 0 Å². The molecule has 1 aromatic carbocycles. The Balaban J connectivity index is 1.92. The average Bonchev–Trinajstić information content (AvgIpc) is 2.61. The van der Waals surface area contributed by atoms with Crippen molar-refractivity contribution in [1.82, 2.24) is 9.88 Å². The molecule has 0 bridgehead atoms. The van der Waals surface area contributed by atoms with E-state index in [-0.39, 0.29) is 36.1 Å². The number of nitrogens with zero attached hydrogens (tertiary/aromatic N) is 3. The second-order valence-electron chi connectivity index (χ2n) is 6.65. The number of aromatic nitrogens is 1. The highest BCUT2D eigenvalue weighted by Crippen LogP contribution is 2.35. The number of amides is 1. The average molecular weight is 433 g/mol. The lowest BCUT2D eigenvalue weighted by molar-refractivity contribution is -0.128. The fourth-order valence-corrected chi connectivity index (χ4v) is 3.21. The Hall–Kier alpha value is -2.61. The maximum absolute atomic E-state index is 14.5. The monoisotopic (exact) mass is 432 g/mol. The van der Waals surface area contributed by atoms with E-state index in [9.17, 15) is 14.0 Å². The minimum atomic E-state index is -1.12. The highest BCUT2D eigenvalue weighted by atomic mass is 79.9. The lowest BCUT2D eigenvalue weighted by atomic mass is 9.85. The van der Waals surface area contributed by atoms with Crippen molar-refractivity contribution in [1.29, 1.82) is 0 Å². The summed E-state index contributed by atoms with van der Waals surface area (Å²) in [5.41, 5.74) is 5.86. The van der Waals surface area contributed by atoms with Crippen LogP contribution >= 0.6 is 15.9 Å². The molecule has 1 amide bonds. The summed E-state index contributed by atoms with van der Waals surface area (Å²) in [6.07, 6.45) is 1.60. The van der Waals surface area contributed by atoms with Crippen LogP contribution in [0.5, 0.6) is 0 Å². The molecule has 0 saturated heterocycles. The molecule has 1 atom stereocenters. The summed E-state index contributed by atoms with van der Waals surface area (Å²) in [5.74, 6) is -0.893. The van der Waals surface area contributed by atoms with E-state index in [1.165, 1.54) is 18.0 Å². The predicted octanol–water partition coefficient (Wildman–Crippen LogP) is 2.80. The summed E-state index contributed by atoms with van der Waals surface area (Å²) >= 11 is 3.27. The molecule has 1 aromatic heterocycles. The molecular formula is C19H18BrFN4O2. The van der Waals surface area contributed by atoms with Gasteiger partial charge in [0.2, 0.25) is 5.91 Å². The summed E-state index contributed by atoms with van der Waals surface area (Å²) < 4.78 is 15.3. The number of rotatable bonds is 4. The van der Waals surface area contributed by atoms with E-state index in [0.717, 1.165) is 4.47 Å². The van der Waals surface area contributed by atoms with Gasteiger partial charge in [0, 0.05) is 29.7 Å². The molecule has 8 heteroatoms. The zero-order valence-electron chi connectivity index (χ0n) is 14.9. The van der Waals surface area contributed by atoms with E-state index in [1.807, 2.05) is 0 Å². The fraction of sp³-hybridized carbons (Fsp3) is 0.263. The van der Waals surface area contributed by atoms with Gasteiger partial charge in [0.25, 0.3) is 0 Å². The largest absolute Gasteiger partial charge is 0.369 e. The Morgan fingerprint density at radius 2 is 2.11 bits per heavy atom. The summed E-state index contributed by atoms with van der Waals surface area (Å²) in [5, 5.41) is 0. The fourth-order valence-electron chi connectivity index (χ4n) is 2.98. The first-order chi connectivity index (χ1) is 12.7. The molecule has 2 N–H and O–H groups in total. The molecule has 0 aliphatic carbocycles. The lowest BCUT2D eigenvalue weighted by Gasteiger charge is -2.34. The molecule has 1 aliphatic heterocycles. The number of carbonyl (C=O) groups is 2. The maximum atomic E-state index is 14.5. The molecule has 0 saturated carbocycles. The Kier molecular flexibility index (Phi) is 5.10. The third-order valence-electron chi connectivity index (χ3n) is 4.56. The first-order valence-electron chi connectivity index (χ1n) is 8.25. The van der Waals surface area contributed by atoms with Crippen molar-refractivity contribution in [2.75, 3.05) is 7.05 Å². The number of ketones is 1. The van der Waals surface area contributed by atoms with Gasteiger partial charge in [-0.1, -0.05) is 6.07 Å². The molecule has 0 fully saturated rings. The van der Waals surface area contributed by atoms with Crippen molar-refractivity contribution in [2.24, 2.45) is 10.7 Å². The number of Topliss-reactive ketones (excluding diaryl/α,β-unsaturated/α-hetero) is 1. The van der Waals surface area contributed by atoms with Crippen LogP contribution < -0.4 is 5.73 Å². The van der Waals surface area contributed by atoms with Gasteiger partial charge in [-0.3, -0.25) is 19.5 Å². The molecule has 1 aliphatic rings. The third-order valence-corrected chi connectivity index (χ3v) is 5.03. The van der Waals surface area contributed by atoms with Gasteiger partial charge in [-0.05, 0) is 52.7 Å². The van der Waals surface area contributed by atoms with E-state index < -0.39 is 11.4 Å². The van der Waals surface area contributed by atoms with Gasteiger partial charge in [0.15, 0.2) is 11.7 Å². The summed E-state index contributed by atoms with van der Waals surface area (Å²) in [6, 6.07) is 7.76. The van der Waals surface area contributed by atoms with Crippen molar-refractivity contribution >= 4 is 33.6 Å². The van der Waals surface area contributed by atoms with Crippen LogP contribution in [-0.4, -0.2) is 34.6 Å². The van der Waals surface area contributed by atoms with E-state index in [1.54, 1.807) is 37.4 Å². The van der Waals surface area contributed by atoms with E-state index in [4.69, 9.17) is 5.73 Å². The molecule has 27 heavy (non-hydrogen) atoms. The lowest BCUT2D eigenvalue weighted by Crippen LogP contribution is -2.47. The first kappa shape index (κ1) is 19.2. The van der Waals surface area contributed by atoms with Crippen LogP contribution in [0.4, 0.5) is 4.39 Å². The zero-order valence-corrected chi connectivity index (χ0v) is 16.5. The number of halogens is 2. The molecule has 3 rings (SSSR count). The van der Waals surface area contributed by atoms with Crippen LogP contribution in [-0.2, 0) is 16.8 Å². The van der Waals surface area contributed by atoms with Crippen molar-refractivity contribution in [3.05, 3.63) is 63.6 Å². The number of nitrogens with two attached hydrogens (primary N) is 1. The Labute approximate surface area is 164 Å². The summed E-state index contributed by atoms with van der Waals surface area (Å²) in [6.45, 7) is 1.66. The molecular weight excluding hydrogens is 415 g/mol. The predicted molar refractivity (Wildman–Crippen MR) is 103 cm³/mol. The number of aliphatic imine (C=N–C) groups is 1. The summed E-state index contributed by atoms with van der Waals surface area (Å²) in [7, 11) is 1.53. The van der Waals surface area contributed by atoms with Crippen LogP contribution in [0.2, 0.25) is 0 Å². The Bertz CT molecular complexity index is 945. The van der Waals surface area contributed by atoms with Gasteiger partial charge in [0.05, 0.1) is 12.0 Å². The summed E-state index contributed by atoms with van der Waals surface area (Å²) in [4.78, 5) is 34.3. The number of pyridine rings is 1. The minimum Gasteiger partial charge on any atom is -0.369 e. The maximum Gasteiger partial charge on any atom is 0.231 e. The van der Waals surface area contributed by atoms with Gasteiger partial charge in [0.1, 0.15) is 11.5 Å². The molecule has 0 spiro atoms. The molecule has 0 radical (unpaired) electrons. The molecule has 2 aromatic rings. The van der Waals surface area contributed by atoms with Crippen molar-refractivity contribution < 1.29 is 14.0 Å². The number of hydrogen-bond acceptors (Lipinski definition) is 5. The standard InChI is InChI=1S/C19H18BrFN4O2/c1-19(9-17(27)25(2)18(22)24-19)13-7-11(3-5-14(13)21)8-16(26)15-6-4-12(20)10-23-15/h3-7,10H,8-9H2,1-2H3,(H2,22,24). The minimum absolute atomic E-state index is 0.00716. The second kappa shape index (κ2) is 7.19. The molecule has 140 valence electrons. The van der Waals surface area contributed by atoms with Crippen LogP contribution in [0.3, 0.4) is 0 Å². The highest BCUT2D eigenvalue weighted by Gasteiger charge is 2.38. The molecule has 6 nitrogen and oxygen atoms in total. The number of benzene rings is 1. The smallest absolute Gasteiger partial charge is 0.231 e. The first-order valence-corrected chi connectivity index (χ1v) is 9.04. The van der Waals surface area contributed by atoms with Gasteiger partial charge in [-0.25, -0.2) is 9.38 Å². The Morgan fingerprint density at radius 1 is 1.37 bits per heavy atom.